The zero-order chi connectivity index (χ0) is 17.2. The summed E-state index contributed by atoms with van der Waals surface area (Å²) >= 11 is 1.35. The average Bonchev–Trinajstić information content (AvgIpc) is 3.30. The van der Waals surface area contributed by atoms with Crippen LogP contribution in [-0.2, 0) is 0 Å². The van der Waals surface area contributed by atoms with Gasteiger partial charge in [0.1, 0.15) is 11.6 Å². The molecule has 0 aliphatic heterocycles. The number of hydrogen-bond acceptors (Lipinski definition) is 3. The molecule has 0 aliphatic carbocycles. The molecule has 1 N–H and O–H groups in total. The number of hydrogen-bond donors (Lipinski definition) is 1. The quantitative estimate of drug-likeness (QED) is 0.408. The van der Waals surface area contributed by atoms with Crippen molar-refractivity contribution in [1.82, 2.24) is 9.97 Å². The van der Waals surface area contributed by atoms with Gasteiger partial charge in [-0.05, 0) is 35.7 Å². The van der Waals surface area contributed by atoms with E-state index in [9.17, 15) is 9.18 Å². The van der Waals surface area contributed by atoms with Crippen molar-refractivity contribution in [2.45, 2.75) is 0 Å². The molecule has 0 unspecified atom stereocenters. The normalized spacial score (nSPS) is 11.8. The molecule has 0 spiro atoms. The maximum atomic E-state index is 14.1. The van der Waals surface area contributed by atoms with Gasteiger partial charge in [0.25, 0.3) is 0 Å². The van der Waals surface area contributed by atoms with E-state index in [0.29, 0.717) is 21.8 Å². The van der Waals surface area contributed by atoms with E-state index in [1.165, 1.54) is 17.4 Å². The molecule has 0 fully saturated rings. The van der Waals surface area contributed by atoms with Crippen molar-refractivity contribution in [2.24, 2.45) is 0 Å². The predicted molar refractivity (Wildman–Crippen MR) is 99.0 cm³/mol. The zero-order valence-corrected chi connectivity index (χ0v) is 13.9. The maximum absolute atomic E-state index is 14.1. The lowest BCUT2D eigenvalue weighted by Gasteiger charge is -2.04. The Labute approximate surface area is 147 Å². The van der Waals surface area contributed by atoms with Crippen molar-refractivity contribution in [3.8, 4) is 0 Å². The molecule has 0 saturated heterocycles. The highest BCUT2D eigenvalue weighted by Crippen LogP contribution is 2.26. The molecule has 4 rings (SSSR count). The van der Waals surface area contributed by atoms with Gasteiger partial charge in [-0.15, -0.1) is 11.3 Å². The Kier molecular flexibility index (Phi) is 3.99. The first-order valence-electron chi connectivity index (χ1n) is 7.72. The lowest BCUT2D eigenvalue weighted by Crippen LogP contribution is -2.02. The van der Waals surface area contributed by atoms with Gasteiger partial charge in [-0.25, -0.2) is 9.37 Å². The molecule has 2 aromatic heterocycles. The van der Waals surface area contributed by atoms with Gasteiger partial charge in [0.2, 0.25) is 5.78 Å². The van der Waals surface area contributed by atoms with Crippen molar-refractivity contribution < 1.29 is 9.18 Å². The summed E-state index contributed by atoms with van der Waals surface area (Å²) in [5.74, 6) is -0.129. The number of H-pyrrole nitrogens is 1. The number of fused-ring (bicyclic) bond motifs is 1. The number of nitrogens with zero attached hydrogens (tertiary/aromatic N) is 1. The molecule has 2 aromatic carbocycles. The number of nitrogens with one attached hydrogen (secondary N) is 1. The van der Waals surface area contributed by atoms with E-state index in [4.69, 9.17) is 0 Å². The third-order valence-electron chi connectivity index (χ3n) is 3.84. The van der Waals surface area contributed by atoms with Crippen LogP contribution in [0.3, 0.4) is 0 Å². The molecule has 122 valence electrons. The number of rotatable bonds is 4. The molecular formula is C20H13FN2OS. The number of carbonyl (C=O) groups is 1. The summed E-state index contributed by atoms with van der Waals surface area (Å²) in [6.45, 7) is 0. The molecule has 0 atom stereocenters. The smallest absolute Gasteiger partial charge is 0.206 e. The van der Waals surface area contributed by atoms with Crippen molar-refractivity contribution in [2.75, 3.05) is 0 Å². The first kappa shape index (κ1) is 15.5. The second kappa shape index (κ2) is 6.45. The highest BCUT2D eigenvalue weighted by atomic mass is 32.1. The van der Waals surface area contributed by atoms with Crippen LogP contribution in [0.25, 0.3) is 22.7 Å². The summed E-state index contributed by atoms with van der Waals surface area (Å²) in [6, 6.07) is 17.5. The average molecular weight is 348 g/mol. The number of aromatic nitrogens is 2. The fourth-order valence-electron chi connectivity index (χ4n) is 2.61. The lowest BCUT2D eigenvalue weighted by atomic mass is 10.0. The van der Waals surface area contributed by atoms with Crippen LogP contribution >= 0.6 is 11.3 Å². The van der Waals surface area contributed by atoms with Crippen molar-refractivity contribution in [3.05, 3.63) is 88.1 Å². The summed E-state index contributed by atoms with van der Waals surface area (Å²) in [4.78, 5) is 21.2. The topological polar surface area (TPSA) is 45.8 Å². The summed E-state index contributed by atoms with van der Waals surface area (Å²) in [5, 5.41) is 1.84. The minimum Gasteiger partial charge on any atom is -0.338 e. The molecule has 0 radical (unpaired) electrons. The van der Waals surface area contributed by atoms with E-state index in [2.05, 4.69) is 9.97 Å². The number of para-hydroxylation sites is 2. The number of Topliss-reactive ketones (excluding diaryl/α,β-unsaturated/α-hetero) is 1. The van der Waals surface area contributed by atoms with E-state index < -0.39 is 0 Å². The van der Waals surface area contributed by atoms with E-state index in [1.54, 1.807) is 30.3 Å². The van der Waals surface area contributed by atoms with Gasteiger partial charge < -0.3 is 4.98 Å². The zero-order valence-electron chi connectivity index (χ0n) is 13.1. The third kappa shape index (κ3) is 3.02. The number of ketones is 1. The van der Waals surface area contributed by atoms with Crippen LogP contribution in [0.2, 0.25) is 0 Å². The van der Waals surface area contributed by atoms with Gasteiger partial charge >= 0.3 is 0 Å². The number of thiophene rings is 1. The summed E-state index contributed by atoms with van der Waals surface area (Å²) in [7, 11) is 0. The van der Waals surface area contributed by atoms with Crippen LogP contribution in [0.15, 0.2) is 66.0 Å². The summed E-state index contributed by atoms with van der Waals surface area (Å²) in [5.41, 5.74) is 2.28. The minimum absolute atomic E-state index is 0.183. The minimum atomic E-state index is -0.380. The maximum Gasteiger partial charge on any atom is 0.206 e. The second-order valence-corrected chi connectivity index (χ2v) is 6.44. The fraction of sp³-hybridized carbons (Fsp3) is 0. The van der Waals surface area contributed by atoms with Gasteiger partial charge in [-0.3, -0.25) is 4.79 Å². The SMILES string of the molecule is O=C(/C(=C/c1ccccc1F)c1nc2ccccc2[nH]1)c1cccs1. The number of carbonyl (C=O) groups excluding carboxylic acids is 1. The molecular weight excluding hydrogens is 335 g/mol. The Morgan fingerprint density at radius 3 is 2.60 bits per heavy atom. The van der Waals surface area contributed by atoms with Crippen molar-refractivity contribution in [1.29, 1.82) is 0 Å². The number of allylic oxidation sites excluding steroid dienone is 1. The van der Waals surface area contributed by atoms with Gasteiger partial charge in [-0.2, -0.15) is 0 Å². The lowest BCUT2D eigenvalue weighted by molar-refractivity contribution is 0.106. The second-order valence-electron chi connectivity index (χ2n) is 5.49. The predicted octanol–water partition coefficient (Wildman–Crippen LogP) is 5.19. The van der Waals surface area contributed by atoms with Crippen molar-refractivity contribution in [3.63, 3.8) is 0 Å². The van der Waals surface area contributed by atoms with Crippen LogP contribution in [0.5, 0.6) is 0 Å². The molecule has 0 saturated carbocycles. The first-order valence-corrected chi connectivity index (χ1v) is 8.60. The Morgan fingerprint density at radius 2 is 1.84 bits per heavy atom. The van der Waals surface area contributed by atoms with Crippen LogP contribution in [0, 0.1) is 5.82 Å². The number of benzene rings is 2. The molecule has 3 nitrogen and oxygen atoms in total. The molecule has 25 heavy (non-hydrogen) atoms. The molecule has 0 aliphatic rings. The Hall–Kier alpha value is -3.05. The summed E-state index contributed by atoms with van der Waals surface area (Å²) in [6.07, 6.45) is 1.55. The molecule has 0 bridgehead atoms. The van der Waals surface area contributed by atoms with Gasteiger partial charge in [0, 0.05) is 5.56 Å². The van der Waals surface area contributed by atoms with Crippen LogP contribution in [0.4, 0.5) is 4.39 Å². The van der Waals surface area contributed by atoms with Crippen LogP contribution in [0.1, 0.15) is 21.1 Å². The summed E-state index contributed by atoms with van der Waals surface area (Å²) < 4.78 is 14.1. The highest BCUT2D eigenvalue weighted by molar-refractivity contribution is 7.12. The van der Waals surface area contributed by atoms with E-state index >= 15 is 0 Å². The largest absolute Gasteiger partial charge is 0.338 e. The van der Waals surface area contributed by atoms with Crippen LogP contribution < -0.4 is 0 Å². The Morgan fingerprint density at radius 1 is 1.04 bits per heavy atom. The number of aromatic amines is 1. The van der Waals surface area contributed by atoms with E-state index in [-0.39, 0.29) is 11.6 Å². The molecule has 5 heteroatoms. The van der Waals surface area contributed by atoms with Crippen LogP contribution in [-0.4, -0.2) is 15.8 Å². The molecule has 4 aromatic rings. The van der Waals surface area contributed by atoms with E-state index in [0.717, 1.165) is 11.0 Å². The Bertz CT molecular complexity index is 1050. The van der Waals surface area contributed by atoms with Gasteiger partial charge in [-0.1, -0.05) is 36.4 Å². The van der Waals surface area contributed by atoms with Gasteiger partial charge in [0.05, 0.1) is 21.5 Å². The van der Waals surface area contributed by atoms with E-state index in [1.807, 2.05) is 35.7 Å². The van der Waals surface area contributed by atoms with Gasteiger partial charge in [0.15, 0.2) is 0 Å². The standard InChI is InChI=1S/C20H13FN2OS/c21-15-7-2-1-6-13(15)12-14(19(24)18-10-5-11-25-18)20-22-16-8-3-4-9-17(16)23-20/h1-12H,(H,22,23)/b14-12-. The molecule has 2 heterocycles. The fourth-order valence-corrected chi connectivity index (χ4v) is 3.29. The Balaban J connectivity index is 1.89. The number of imidazole rings is 1. The molecule has 0 amide bonds. The monoisotopic (exact) mass is 348 g/mol. The highest BCUT2D eigenvalue weighted by Gasteiger charge is 2.19. The third-order valence-corrected chi connectivity index (χ3v) is 4.71. The first-order chi connectivity index (χ1) is 12.2. The van der Waals surface area contributed by atoms with Crippen molar-refractivity contribution >= 4 is 39.8 Å². The number of halogens is 1.